The Morgan fingerprint density at radius 3 is 2.70 bits per heavy atom. The number of aromatic nitrogens is 3. The lowest BCUT2D eigenvalue weighted by Gasteiger charge is -2.09. The highest BCUT2D eigenvalue weighted by Crippen LogP contribution is 2.23. The number of rotatable bonds is 9. The van der Waals surface area contributed by atoms with E-state index in [2.05, 4.69) is 10.4 Å². The second-order valence-corrected chi connectivity index (χ2v) is 7.55. The fourth-order valence-electron chi connectivity index (χ4n) is 3.69. The van der Waals surface area contributed by atoms with Crippen LogP contribution in [0.25, 0.3) is 16.8 Å². The van der Waals surface area contributed by atoms with Crippen molar-refractivity contribution in [1.82, 2.24) is 19.5 Å². The lowest BCUT2D eigenvalue weighted by molar-refractivity contribution is -0.121. The van der Waals surface area contributed by atoms with Crippen LogP contribution in [0.2, 0.25) is 0 Å². The molecule has 0 radical (unpaired) electrons. The third-order valence-electron chi connectivity index (χ3n) is 5.46. The second kappa shape index (κ2) is 10.0. The van der Waals surface area contributed by atoms with Crippen LogP contribution in [-0.2, 0) is 17.8 Å². The minimum Gasteiger partial charge on any atom is -0.497 e. The Hall–Kier alpha value is -4.07. The van der Waals surface area contributed by atoms with Crippen molar-refractivity contribution in [1.29, 1.82) is 0 Å². The first kappa shape index (κ1) is 22.1. The Bertz CT molecular complexity index is 1330. The molecular weight excluding hydrogens is 420 g/mol. The second-order valence-electron chi connectivity index (χ2n) is 7.55. The molecule has 4 rings (SSSR count). The minimum atomic E-state index is -0.164. The van der Waals surface area contributed by atoms with Gasteiger partial charge in [-0.2, -0.15) is 5.10 Å². The number of hydrogen-bond donors (Lipinski definition) is 1. The zero-order valence-electron chi connectivity index (χ0n) is 18.7. The molecule has 0 aliphatic heterocycles. The third kappa shape index (κ3) is 5.06. The molecule has 1 N–H and O–H groups in total. The number of methoxy groups -OCH3 is 2. The van der Waals surface area contributed by atoms with E-state index < -0.39 is 0 Å². The quantitative estimate of drug-likeness (QED) is 0.427. The zero-order chi connectivity index (χ0) is 23.2. The SMILES string of the molecule is COc1cccc(-c2cc3c(=O)n(CCNC(=O)CCc4ccccc4OC)ccn3n2)c1. The van der Waals surface area contributed by atoms with Gasteiger partial charge in [0.2, 0.25) is 5.91 Å². The highest BCUT2D eigenvalue weighted by molar-refractivity contribution is 5.76. The molecule has 170 valence electrons. The van der Waals surface area contributed by atoms with E-state index >= 15 is 0 Å². The summed E-state index contributed by atoms with van der Waals surface area (Å²) in [5.41, 5.74) is 2.85. The van der Waals surface area contributed by atoms with Gasteiger partial charge in [0.25, 0.3) is 5.56 Å². The summed E-state index contributed by atoms with van der Waals surface area (Å²) in [5, 5.41) is 7.39. The van der Waals surface area contributed by atoms with Crippen molar-refractivity contribution in [2.24, 2.45) is 0 Å². The number of hydrogen-bond acceptors (Lipinski definition) is 5. The van der Waals surface area contributed by atoms with Crippen LogP contribution in [0, 0.1) is 0 Å². The van der Waals surface area contributed by atoms with Gasteiger partial charge in [-0.3, -0.25) is 9.59 Å². The molecule has 2 heterocycles. The number of carbonyl (C=O) groups excluding carboxylic acids is 1. The average Bonchev–Trinajstić information content (AvgIpc) is 3.30. The van der Waals surface area contributed by atoms with Gasteiger partial charge in [-0.15, -0.1) is 0 Å². The molecule has 0 aliphatic rings. The first-order valence-electron chi connectivity index (χ1n) is 10.7. The summed E-state index contributed by atoms with van der Waals surface area (Å²) in [4.78, 5) is 25.2. The van der Waals surface area contributed by atoms with Crippen molar-refractivity contribution in [3.63, 3.8) is 0 Å². The third-order valence-corrected chi connectivity index (χ3v) is 5.46. The van der Waals surface area contributed by atoms with Crippen LogP contribution in [0.4, 0.5) is 0 Å². The molecule has 0 spiro atoms. The smallest absolute Gasteiger partial charge is 0.276 e. The van der Waals surface area contributed by atoms with Gasteiger partial charge in [0.1, 0.15) is 17.0 Å². The van der Waals surface area contributed by atoms with Gasteiger partial charge < -0.3 is 19.4 Å². The molecule has 8 nitrogen and oxygen atoms in total. The zero-order valence-corrected chi connectivity index (χ0v) is 18.7. The van der Waals surface area contributed by atoms with Crippen LogP contribution in [0.3, 0.4) is 0 Å². The van der Waals surface area contributed by atoms with Crippen LogP contribution < -0.4 is 20.3 Å². The molecule has 0 aliphatic carbocycles. The molecule has 0 saturated carbocycles. The summed E-state index contributed by atoms with van der Waals surface area (Å²) in [6.07, 6.45) is 4.36. The van der Waals surface area contributed by atoms with Crippen LogP contribution in [0.5, 0.6) is 11.5 Å². The molecular formula is C25H26N4O4. The van der Waals surface area contributed by atoms with Crippen LogP contribution in [0.1, 0.15) is 12.0 Å². The minimum absolute atomic E-state index is 0.0697. The molecule has 4 aromatic rings. The van der Waals surface area contributed by atoms with Crippen LogP contribution >= 0.6 is 0 Å². The topological polar surface area (TPSA) is 86.9 Å². The molecule has 1 amide bonds. The van der Waals surface area contributed by atoms with E-state index in [1.807, 2.05) is 48.5 Å². The van der Waals surface area contributed by atoms with Crippen LogP contribution in [-0.4, -0.2) is 40.9 Å². The Labute approximate surface area is 191 Å². The Morgan fingerprint density at radius 2 is 1.88 bits per heavy atom. The molecule has 0 bridgehead atoms. The van der Waals surface area contributed by atoms with Crippen molar-refractivity contribution in [2.45, 2.75) is 19.4 Å². The summed E-state index contributed by atoms with van der Waals surface area (Å²) in [6, 6.07) is 17.0. The standard InChI is InChI=1S/C25H26N4O4/c1-32-20-8-5-7-19(16-20)21-17-22-25(31)28(14-15-29(22)27-21)13-12-26-24(30)11-10-18-6-3-4-9-23(18)33-2/h3-9,14-17H,10-13H2,1-2H3,(H,26,30). The number of ether oxygens (including phenoxy) is 2. The Balaban J connectivity index is 1.38. The van der Waals surface area contributed by atoms with Crippen LogP contribution in [0.15, 0.2) is 71.8 Å². The van der Waals surface area contributed by atoms with Crippen molar-refractivity contribution in [2.75, 3.05) is 20.8 Å². The molecule has 8 heteroatoms. The first-order valence-corrected chi connectivity index (χ1v) is 10.7. The van der Waals surface area contributed by atoms with Gasteiger partial charge in [0, 0.05) is 37.5 Å². The van der Waals surface area contributed by atoms with E-state index in [4.69, 9.17) is 9.47 Å². The molecule has 2 aromatic heterocycles. The maximum Gasteiger partial charge on any atom is 0.276 e. The molecule has 0 fully saturated rings. The normalized spacial score (nSPS) is 10.8. The monoisotopic (exact) mass is 446 g/mol. The Morgan fingerprint density at radius 1 is 1.03 bits per heavy atom. The first-order chi connectivity index (χ1) is 16.1. The predicted octanol–water partition coefficient (Wildman–Crippen LogP) is 2.93. The number of benzene rings is 2. The van der Waals surface area contributed by atoms with Crippen molar-refractivity contribution < 1.29 is 14.3 Å². The number of amides is 1. The molecule has 0 unspecified atom stereocenters. The highest BCUT2D eigenvalue weighted by atomic mass is 16.5. The van der Waals surface area contributed by atoms with Gasteiger partial charge in [0.05, 0.1) is 19.9 Å². The maximum atomic E-state index is 12.9. The fourth-order valence-corrected chi connectivity index (χ4v) is 3.69. The van der Waals surface area contributed by atoms with Crippen molar-refractivity contribution in [3.05, 3.63) is 82.9 Å². The van der Waals surface area contributed by atoms with Gasteiger partial charge in [-0.05, 0) is 36.2 Å². The highest BCUT2D eigenvalue weighted by Gasteiger charge is 2.11. The lowest BCUT2D eigenvalue weighted by Crippen LogP contribution is -2.31. The van der Waals surface area contributed by atoms with E-state index in [9.17, 15) is 9.59 Å². The average molecular weight is 447 g/mol. The van der Waals surface area contributed by atoms with E-state index in [1.54, 1.807) is 41.8 Å². The number of fused-ring (bicyclic) bond motifs is 1. The summed E-state index contributed by atoms with van der Waals surface area (Å²) in [7, 11) is 3.23. The van der Waals surface area contributed by atoms with E-state index in [-0.39, 0.29) is 11.5 Å². The van der Waals surface area contributed by atoms with Gasteiger partial charge in [0.15, 0.2) is 0 Å². The van der Waals surface area contributed by atoms with Gasteiger partial charge in [-0.1, -0.05) is 30.3 Å². The number of carbonyl (C=O) groups is 1. The number of nitrogens with zero attached hydrogens (tertiary/aromatic N) is 3. The summed E-state index contributed by atoms with van der Waals surface area (Å²) < 4.78 is 13.7. The maximum absolute atomic E-state index is 12.9. The summed E-state index contributed by atoms with van der Waals surface area (Å²) in [5.74, 6) is 1.43. The van der Waals surface area contributed by atoms with E-state index in [1.165, 1.54) is 0 Å². The fraction of sp³-hybridized carbons (Fsp3) is 0.240. The van der Waals surface area contributed by atoms with Crippen molar-refractivity contribution in [3.8, 4) is 22.8 Å². The van der Waals surface area contributed by atoms with E-state index in [0.29, 0.717) is 37.1 Å². The summed E-state index contributed by atoms with van der Waals surface area (Å²) >= 11 is 0. The molecule has 33 heavy (non-hydrogen) atoms. The number of nitrogens with one attached hydrogen (secondary N) is 1. The van der Waals surface area contributed by atoms with Gasteiger partial charge >= 0.3 is 0 Å². The van der Waals surface area contributed by atoms with Gasteiger partial charge in [-0.25, -0.2) is 4.52 Å². The van der Waals surface area contributed by atoms with E-state index in [0.717, 1.165) is 22.6 Å². The summed E-state index contributed by atoms with van der Waals surface area (Å²) in [6.45, 7) is 0.729. The largest absolute Gasteiger partial charge is 0.497 e. The molecule has 0 atom stereocenters. The predicted molar refractivity (Wildman–Crippen MR) is 126 cm³/mol. The lowest BCUT2D eigenvalue weighted by atomic mass is 10.1. The van der Waals surface area contributed by atoms with Crippen molar-refractivity contribution >= 4 is 11.4 Å². The Kier molecular flexibility index (Phi) is 6.73. The number of aryl methyl sites for hydroxylation is 1. The number of para-hydroxylation sites is 1. The molecule has 2 aromatic carbocycles. The molecule has 0 saturated heterocycles.